The molecule has 0 aromatic carbocycles. The molecule has 0 aromatic heterocycles. The van der Waals surface area contributed by atoms with Crippen molar-refractivity contribution in [2.75, 3.05) is 0 Å². The van der Waals surface area contributed by atoms with E-state index in [4.69, 9.17) is 13.8 Å². The van der Waals surface area contributed by atoms with E-state index in [1.54, 1.807) is 0 Å². The van der Waals surface area contributed by atoms with Crippen LogP contribution in [0.4, 0.5) is 0 Å². The van der Waals surface area contributed by atoms with Crippen LogP contribution in [0.5, 0.6) is 0 Å². The molecule has 0 spiro atoms. The maximum absolute atomic E-state index is 7.81. The fraction of sp³-hybridized carbons (Fsp3) is 1.00. The first-order valence-corrected chi connectivity index (χ1v) is 0.674. The Hall–Kier alpha value is 1.02. The van der Waals surface area contributed by atoms with E-state index in [-0.39, 0.29) is 49.3 Å². The Bertz CT molecular complexity index is 17.2. The zero-order valence-corrected chi connectivity index (χ0v) is 6.16. The number of halogens is 2. The van der Waals surface area contributed by atoms with Crippen molar-refractivity contribution in [2.24, 2.45) is 0 Å². The van der Waals surface area contributed by atoms with Gasteiger partial charge in [0.2, 0.25) is 0 Å². The van der Waals surface area contributed by atoms with Crippen molar-refractivity contribution in [2.45, 2.75) is 7.43 Å². The van der Waals surface area contributed by atoms with Gasteiger partial charge in [0.1, 0.15) is 0 Å². The van der Waals surface area contributed by atoms with Crippen LogP contribution in [0, 0.1) is 9.93 Å². The molecule has 0 unspecified atom stereocenters. The van der Waals surface area contributed by atoms with E-state index in [1.807, 2.05) is 0 Å². The maximum atomic E-state index is 7.81. The molecule has 0 atom stereocenters. The van der Waals surface area contributed by atoms with Crippen LogP contribution in [-0.4, -0.2) is 0 Å². The van der Waals surface area contributed by atoms with E-state index >= 15 is 0 Å². The molecule has 1 radical (unpaired) electrons. The van der Waals surface area contributed by atoms with Gasteiger partial charge in [-0.25, -0.2) is 0 Å². The number of rotatable bonds is 0. The number of hydrogen-bond donors (Lipinski definition) is 0. The zero-order valence-electron chi connectivity index (χ0n) is 2.64. The second-order valence-electron chi connectivity index (χ2n) is 0. The van der Waals surface area contributed by atoms with Gasteiger partial charge in [-0.2, -0.15) is 0 Å². The molecule has 0 saturated heterocycles. The van der Waals surface area contributed by atoms with E-state index in [0.717, 1.165) is 0 Å². The Balaban J connectivity index is -0.00000000167. The molecule has 0 rings (SSSR count). The summed E-state index contributed by atoms with van der Waals surface area (Å²) in [5, 5.41) is 0. The molecule has 64 valence electrons. The van der Waals surface area contributed by atoms with Gasteiger partial charge < -0.3 is 0 Å². The Morgan fingerprint density at radius 2 is 0.875 bits per heavy atom. The van der Waals surface area contributed by atoms with Crippen molar-refractivity contribution < 1.29 is 36.8 Å². The predicted molar refractivity (Wildman–Crippen MR) is 28.6 cm³/mol. The molecule has 0 N–H and O–H groups in total. The van der Waals surface area contributed by atoms with Gasteiger partial charge in [-0.05, 0) is 0 Å². The van der Waals surface area contributed by atoms with Gasteiger partial charge in [-0.3, -0.25) is 0 Å². The van der Waals surface area contributed by atoms with Gasteiger partial charge in [0, 0.05) is 27.0 Å². The molecule has 0 bridgehead atoms. The van der Waals surface area contributed by atoms with Gasteiger partial charge in [-0.1, -0.05) is 7.43 Å². The summed E-state index contributed by atoms with van der Waals surface area (Å²) in [6, 6.07) is 0. The van der Waals surface area contributed by atoms with Crippen molar-refractivity contribution >= 4 is 24.8 Å². The Kier molecular flexibility index (Phi) is 3030. The van der Waals surface area contributed by atoms with Crippen LogP contribution in [-0.2, 0) is 36.8 Å². The van der Waals surface area contributed by atoms with Gasteiger partial charge in [-0.15, -0.1) is 24.8 Å². The minimum atomic E-state index is 0. The molecule has 0 aliphatic rings. The molecular weight excluding hydrogens is 258 g/mol. The summed E-state index contributed by atoms with van der Waals surface area (Å²) in [6.45, 7) is 0. The van der Waals surface area contributed by atoms with Crippen molar-refractivity contribution in [3.8, 4) is 0 Å². The van der Waals surface area contributed by atoms with Crippen LogP contribution >= 0.6 is 24.8 Å². The first-order valence-electron chi connectivity index (χ1n) is 0.290. The fourth-order valence-electron chi connectivity index (χ4n) is 0. The van der Waals surface area contributed by atoms with Crippen molar-refractivity contribution in [1.29, 1.82) is 0 Å². The van der Waals surface area contributed by atoms with Crippen LogP contribution in [0.15, 0.2) is 0 Å². The van der Waals surface area contributed by atoms with Crippen LogP contribution < -0.4 is 0 Å². The topological polar surface area (TPSA) is 51.2 Å². The normalized spacial score (nSPS) is 1.25. The molecule has 0 heterocycles. The van der Waals surface area contributed by atoms with Crippen molar-refractivity contribution in [3.63, 3.8) is 0 Å². The molecule has 0 aromatic rings. The summed E-state index contributed by atoms with van der Waals surface area (Å²) in [6.07, 6.45) is 0. The van der Waals surface area contributed by atoms with Crippen molar-refractivity contribution in [1.82, 2.24) is 0 Å². The van der Waals surface area contributed by atoms with Crippen LogP contribution in [0.2, 0.25) is 0 Å². The summed E-state index contributed by atoms with van der Waals surface area (Å²) in [5.41, 5.74) is 0. The van der Waals surface area contributed by atoms with Crippen LogP contribution in [0.1, 0.15) is 7.43 Å². The van der Waals surface area contributed by atoms with Gasteiger partial charge >= 0.3 is 19.8 Å². The molecule has 0 aliphatic heterocycles. The second-order valence-corrected chi connectivity index (χ2v) is 0. The zero-order chi connectivity index (χ0) is 4.00. The average molecular weight is 264 g/mol. The Labute approximate surface area is 78.9 Å². The van der Waals surface area contributed by atoms with Gasteiger partial charge in [0.25, 0.3) is 0 Å². The third kappa shape index (κ3) is 245. The van der Waals surface area contributed by atoms with E-state index in [0.29, 0.717) is 0 Å². The van der Waals surface area contributed by atoms with E-state index in [1.165, 1.54) is 0 Å². The summed E-state index contributed by atoms with van der Waals surface area (Å²) < 4.78 is 7.81. The number of hydrogen-bond acceptors (Lipinski definition) is 3. The monoisotopic (exact) mass is 262 g/mol. The molecule has 3 nitrogen and oxygen atoms in total. The SMILES string of the molecule is C.Cl.Cl.O=O.[Cu].[O]=[Cu]. The Morgan fingerprint density at radius 1 is 0.875 bits per heavy atom. The molecule has 0 fully saturated rings. The summed E-state index contributed by atoms with van der Waals surface area (Å²) in [7, 11) is 0. The first kappa shape index (κ1) is 63.6. The summed E-state index contributed by atoms with van der Waals surface area (Å²) in [4.78, 5) is 14.0. The summed E-state index contributed by atoms with van der Waals surface area (Å²) >= 11 is 2.94. The van der Waals surface area contributed by atoms with Crippen LogP contribution in [0.3, 0.4) is 0 Å². The molecular formula is CH6Cl2Cu2O3. The van der Waals surface area contributed by atoms with E-state index in [2.05, 4.69) is 15.9 Å². The molecule has 0 aliphatic carbocycles. The van der Waals surface area contributed by atoms with Crippen molar-refractivity contribution in [3.05, 3.63) is 9.93 Å². The molecule has 7 heteroatoms. The third-order valence-corrected chi connectivity index (χ3v) is 0. The average Bonchev–Trinajstić information content (AvgIpc) is 1.50. The Morgan fingerprint density at radius 3 is 0.875 bits per heavy atom. The quantitative estimate of drug-likeness (QED) is 0.622. The van der Waals surface area contributed by atoms with Crippen LogP contribution in [0.25, 0.3) is 0 Å². The third-order valence-electron chi connectivity index (χ3n) is 0. The summed E-state index contributed by atoms with van der Waals surface area (Å²) in [5.74, 6) is 0. The van der Waals surface area contributed by atoms with Gasteiger partial charge in [0.15, 0.2) is 0 Å². The molecule has 8 heavy (non-hydrogen) atoms. The first-order chi connectivity index (χ1) is 2.00. The fourth-order valence-corrected chi connectivity index (χ4v) is 0. The predicted octanol–water partition coefficient (Wildman–Crippen LogP) is 1.42. The van der Waals surface area contributed by atoms with Gasteiger partial charge in [0.05, 0.1) is 0 Å². The minimum absolute atomic E-state index is 0. The van der Waals surface area contributed by atoms with E-state index in [9.17, 15) is 0 Å². The standard InChI is InChI=1S/CH4.2ClH.2Cu.O2.O/c;;;;;1-2;/h1H4;2*1H;;;;. The second kappa shape index (κ2) is 380. The molecule has 0 saturated carbocycles. The van der Waals surface area contributed by atoms with E-state index < -0.39 is 0 Å². The molecule has 0 amide bonds.